The number of carbonyl (C=O) groups excluding carboxylic acids is 3. The van der Waals surface area contributed by atoms with Gasteiger partial charge in [0.25, 0.3) is 0 Å². The van der Waals surface area contributed by atoms with Crippen molar-refractivity contribution in [2.75, 3.05) is 6.54 Å². The van der Waals surface area contributed by atoms with Crippen molar-refractivity contribution in [2.45, 2.75) is 63.8 Å². The van der Waals surface area contributed by atoms with E-state index in [1.165, 1.54) is 17.7 Å². The van der Waals surface area contributed by atoms with Gasteiger partial charge in [-0.3, -0.25) is 19.3 Å². The van der Waals surface area contributed by atoms with Crippen molar-refractivity contribution in [1.29, 1.82) is 0 Å². The summed E-state index contributed by atoms with van der Waals surface area (Å²) < 4.78 is 0. The molecule has 1 aliphatic heterocycles. The van der Waals surface area contributed by atoms with Crippen LogP contribution in [0.1, 0.15) is 57.8 Å². The molecule has 0 radical (unpaired) electrons. The van der Waals surface area contributed by atoms with Gasteiger partial charge in [0.2, 0.25) is 17.7 Å². The van der Waals surface area contributed by atoms with E-state index in [1.807, 2.05) is 0 Å². The molecule has 3 aliphatic rings. The summed E-state index contributed by atoms with van der Waals surface area (Å²) in [6, 6.07) is 0.296. The van der Waals surface area contributed by atoms with Gasteiger partial charge in [-0.25, -0.2) is 0 Å². The summed E-state index contributed by atoms with van der Waals surface area (Å²) in [6.45, 7) is 0.253. The number of amides is 3. The van der Waals surface area contributed by atoms with Crippen molar-refractivity contribution in [3.05, 3.63) is 0 Å². The molecule has 2 atom stereocenters. The first-order chi connectivity index (χ1) is 10.2. The number of likely N-dealkylation sites (tertiary alicyclic amines) is 1. The van der Waals surface area contributed by atoms with Crippen LogP contribution in [0.5, 0.6) is 0 Å². The van der Waals surface area contributed by atoms with Crippen LogP contribution in [0, 0.1) is 11.8 Å². The lowest BCUT2D eigenvalue weighted by Crippen LogP contribution is -2.38. The Labute approximate surface area is 125 Å². The van der Waals surface area contributed by atoms with Crippen LogP contribution in [0.3, 0.4) is 0 Å². The molecule has 1 saturated heterocycles. The molecule has 5 heteroatoms. The number of nitrogens with zero attached hydrogens (tertiary/aromatic N) is 1. The van der Waals surface area contributed by atoms with E-state index in [0.717, 1.165) is 38.5 Å². The molecule has 116 valence electrons. The van der Waals surface area contributed by atoms with Crippen LogP contribution in [0.25, 0.3) is 0 Å². The van der Waals surface area contributed by atoms with Crippen LogP contribution in [-0.2, 0) is 14.4 Å². The third-order valence-corrected chi connectivity index (χ3v) is 5.22. The second-order valence-corrected chi connectivity index (χ2v) is 6.62. The fraction of sp³-hybridized carbons (Fsp3) is 0.812. The second kappa shape index (κ2) is 6.16. The summed E-state index contributed by atoms with van der Waals surface area (Å²) in [7, 11) is 0. The van der Waals surface area contributed by atoms with Crippen molar-refractivity contribution < 1.29 is 14.4 Å². The van der Waals surface area contributed by atoms with E-state index < -0.39 is 0 Å². The molecule has 0 aromatic rings. The topological polar surface area (TPSA) is 66.5 Å². The zero-order chi connectivity index (χ0) is 14.8. The van der Waals surface area contributed by atoms with Gasteiger partial charge >= 0.3 is 0 Å². The van der Waals surface area contributed by atoms with Gasteiger partial charge in [-0.15, -0.1) is 0 Å². The summed E-state index contributed by atoms with van der Waals surface area (Å²) >= 11 is 0. The fourth-order valence-electron chi connectivity index (χ4n) is 4.03. The maximum atomic E-state index is 12.3. The van der Waals surface area contributed by atoms with E-state index in [0.29, 0.717) is 6.04 Å². The Kier molecular flexibility index (Phi) is 4.27. The molecule has 3 fully saturated rings. The number of fused-ring (bicyclic) bond motifs is 1. The Bertz CT molecular complexity index is 419. The normalized spacial score (nSPS) is 29.8. The van der Waals surface area contributed by atoms with E-state index >= 15 is 0 Å². The highest BCUT2D eigenvalue weighted by molar-refractivity contribution is 6.05. The van der Waals surface area contributed by atoms with E-state index in [-0.39, 0.29) is 42.5 Å². The number of hydrogen-bond acceptors (Lipinski definition) is 3. The van der Waals surface area contributed by atoms with E-state index in [4.69, 9.17) is 0 Å². The average Bonchev–Trinajstić information content (AvgIpc) is 3.07. The van der Waals surface area contributed by atoms with Crippen LogP contribution in [0.15, 0.2) is 0 Å². The molecular weight excluding hydrogens is 268 g/mol. The van der Waals surface area contributed by atoms with Gasteiger partial charge in [0.05, 0.1) is 11.8 Å². The molecule has 0 aromatic heterocycles. The highest BCUT2D eigenvalue weighted by atomic mass is 16.2. The van der Waals surface area contributed by atoms with Crippen molar-refractivity contribution in [1.82, 2.24) is 10.2 Å². The largest absolute Gasteiger partial charge is 0.353 e. The van der Waals surface area contributed by atoms with Crippen LogP contribution < -0.4 is 5.32 Å². The Balaban J connectivity index is 1.51. The lowest BCUT2D eigenvalue weighted by atomic mass is 9.81. The van der Waals surface area contributed by atoms with E-state index in [9.17, 15) is 14.4 Å². The quantitative estimate of drug-likeness (QED) is 0.801. The van der Waals surface area contributed by atoms with Gasteiger partial charge in [0.15, 0.2) is 0 Å². The minimum atomic E-state index is -0.107. The molecule has 1 N–H and O–H groups in total. The van der Waals surface area contributed by atoms with Gasteiger partial charge in [-0.05, 0) is 25.7 Å². The summed E-state index contributed by atoms with van der Waals surface area (Å²) in [6.07, 6.45) is 8.45. The number of hydrogen-bond donors (Lipinski definition) is 1. The predicted molar refractivity (Wildman–Crippen MR) is 77.2 cm³/mol. The molecule has 1 heterocycles. The predicted octanol–water partition coefficient (Wildman–Crippen LogP) is 1.61. The van der Waals surface area contributed by atoms with E-state index in [1.54, 1.807) is 0 Å². The minimum absolute atomic E-state index is 0.0302. The number of rotatable bonds is 4. The third kappa shape index (κ3) is 2.97. The molecule has 3 amide bonds. The van der Waals surface area contributed by atoms with Crippen LogP contribution in [0.4, 0.5) is 0 Å². The van der Waals surface area contributed by atoms with E-state index in [2.05, 4.69) is 5.32 Å². The van der Waals surface area contributed by atoms with Crippen LogP contribution in [0.2, 0.25) is 0 Å². The highest BCUT2D eigenvalue weighted by Crippen LogP contribution is 2.37. The van der Waals surface area contributed by atoms with Crippen molar-refractivity contribution in [2.24, 2.45) is 11.8 Å². The molecule has 5 nitrogen and oxygen atoms in total. The van der Waals surface area contributed by atoms with Crippen molar-refractivity contribution in [3.63, 3.8) is 0 Å². The number of carbonyl (C=O) groups is 3. The fourth-order valence-corrected chi connectivity index (χ4v) is 4.03. The summed E-state index contributed by atoms with van der Waals surface area (Å²) in [5, 5.41) is 3.01. The zero-order valence-electron chi connectivity index (χ0n) is 12.5. The SMILES string of the molecule is O=C(CCN1C(=O)C2CCCCC2C1=O)NC1CCCC1. The van der Waals surface area contributed by atoms with Crippen molar-refractivity contribution >= 4 is 17.7 Å². The molecular formula is C16H24N2O3. The van der Waals surface area contributed by atoms with Crippen LogP contribution >= 0.6 is 0 Å². The Hall–Kier alpha value is -1.39. The summed E-state index contributed by atoms with van der Waals surface area (Å²) in [5.41, 5.74) is 0. The molecule has 0 aromatic carbocycles. The minimum Gasteiger partial charge on any atom is -0.353 e. The summed E-state index contributed by atoms with van der Waals surface area (Å²) in [5.74, 6) is -0.331. The maximum absolute atomic E-state index is 12.3. The Morgan fingerprint density at radius 2 is 1.48 bits per heavy atom. The second-order valence-electron chi connectivity index (χ2n) is 6.62. The molecule has 2 saturated carbocycles. The van der Waals surface area contributed by atoms with Crippen LogP contribution in [-0.4, -0.2) is 35.2 Å². The maximum Gasteiger partial charge on any atom is 0.233 e. The standard InChI is InChI=1S/C16H24N2O3/c19-14(17-11-5-1-2-6-11)9-10-18-15(20)12-7-3-4-8-13(12)16(18)21/h11-13H,1-10H2,(H,17,19). The smallest absolute Gasteiger partial charge is 0.233 e. The molecule has 3 rings (SSSR count). The van der Waals surface area contributed by atoms with Crippen molar-refractivity contribution in [3.8, 4) is 0 Å². The number of imide groups is 1. The van der Waals surface area contributed by atoms with Gasteiger partial charge in [0.1, 0.15) is 0 Å². The Morgan fingerprint density at radius 3 is 2.05 bits per heavy atom. The van der Waals surface area contributed by atoms with Gasteiger partial charge in [-0.2, -0.15) is 0 Å². The molecule has 0 bridgehead atoms. The highest BCUT2D eigenvalue weighted by Gasteiger charge is 2.47. The molecule has 2 unspecified atom stereocenters. The molecule has 21 heavy (non-hydrogen) atoms. The third-order valence-electron chi connectivity index (χ3n) is 5.22. The molecule has 2 aliphatic carbocycles. The van der Waals surface area contributed by atoms with Gasteiger partial charge in [0, 0.05) is 19.0 Å². The zero-order valence-corrected chi connectivity index (χ0v) is 12.5. The molecule has 0 spiro atoms. The lowest BCUT2D eigenvalue weighted by Gasteiger charge is -2.19. The van der Waals surface area contributed by atoms with Gasteiger partial charge < -0.3 is 5.32 Å². The first kappa shape index (κ1) is 14.5. The van der Waals surface area contributed by atoms with Gasteiger partial charge in [-0.1, -0.05) is 25.7 Å². The first-order valence-corrected chi connectivity index (χ1v) is 8.31. The lowest BCUT2D eigenvalue weighted by molar-refractivity contribution is -0.140. The number of nitrogens with one attached hydrogen (secondary N) is 1. The Morgan fingerprint density at radius 1 is 0.952 bits per heavy atom. The summed E-state index contributed by atoms with van der Waals surface area (Å²) in [4.78, 5) is 37.8. The first-order valence-electron chi connectivity index (χ1n) is 8.31. The average molecular weight is 292 g/mol. The monoisotopic (exact) mass is 292 g/mol.